The molecule has 0 bridgehead atoms. The Morgan fingerprint density at radius 2 is 2.11 bits per heavy atom. The van der Waals surface area contributed by atoms with Gasteiger partial charge in [0, 0.05) is 11.6 Å². The minimum absolute atomic E-state index is 0.0400. The summed E-state index contributed by atoms with van der Waals surface area (Å²) in [5.41, 5.74) is -1.70. The molecule has 19 heavy (non-hydrogen) atoms. The topological polar surface area (TPSA) is 92.5 Å². The van der Waals surface area contributed by atoms with Crippen LogP contribution in [0.4, 0.5) is 10.1 Å². The number of benzene rings is 1. The predicted molar refractivity (Wildman–Crippen MR) is 66.3 cm³/mol. The zero-order valence-electron chi connectivity index (χ0n) is 10.8. The third-order valence-corrected chi connectivity index (χ3v) is 2.89. The van der Waals surface area contributed by atoms with E-state index in [1.807, 2.05) is 0 Å². The molecule has 0 radical (unpaired) electrons. The Bertz CT molecular complexity index is 514. The van der Waals surface area contributed by atoms with Gasteiger partial charge in [-0.1, -0.05) is 0 Å². The van der Waals surface area contributed by atoms with Gasteiger partial charge in [-0.3, -0.25) is 14.9 Å². The van der Waals surface area contributed by atoms with Crippen molar-refractivity contribution in [3.8, 4) is 0 Å². The molecule has 0 heterocycles. The first kappa shape index (κ1) is 15.0. The maximum absolute atomic E-state index is 13.1. The Labute approximate surface area is 109 Å². The molecule has 0 aromatic heterocycles. The number of nitro groups is 1. The smallest absolute Gasteiger partial charge is 0.305 e. The highest BCUT2D eigenvalue weighted by Crippen LogP contribution is 2.19. The Morgan fingerprint density at radius 1 is 1.53 bits per heavy atom. The summed E-state index contributed by atoms with van der Waals surface area (Å²) in [6, 6.07) is 2.88. The Balaban J connectivity index is 3.02. The Kier molecular flexibility index (Phi) is 4.21. The van der Waals surface area contributed by atoms with Crippen LogP contribution in [0.1, 0.15) is 31.1 Å². The number of rotatable bonds is 4. The predicted octanol–water partition coefficient (Wildman–Crippen LogP) is 1.62. The third kappa shape index (κ3) is 3.47. The lowest BCUT2D eigenvalue weighted by Gasteiger charge is -2.29. The van der Waals surface area contributed by atoms with Crippen LogP contribution in [0.2, 0.25) is 0 Å². The second-order valence-electron chi connectivity index (χ2n) is 4.78. The molecule has 1 rings (SSSR count). The second kappa shape index (κ2) is 5.31. The Hall–Kier alpha value is -2.02. The normalized spacial score (nSPS) is 12.9. The van der Waals surface area contributed by atoms with Gasteiger partial charge in [-0.15, -0.1) is 0 Å². The van der Waals surface area contributed by atoms with E-state index < -0.39 is 34.0 Å². The summed E-state index contributed by atoms with van der Waals surface area (Å²) in [5, 5.41) is 22.6. The highest BCUT2D eigenvalue weighted by atomic mass is 19.1. The molecule has 0 spiro atoms. The summed E-state index contributed by atoms with van der Waals surface area (Å²) < 4.78 is 13.1. The van der Waals surface area contributed by atoms with E-state index in [4.69, 9.17) is 0 Å². The molecule has 1 amide bonds. The largest absolute Gasteiger partial charge is 0.391 e. The fraction of sp³-hybridized carbons (Fsp3) is 0.417. The van der Waals surface area contributed by atoms with Crippen molar-refractivity contribution >= 4 is 11.6 Å². The van der Waals surface area contributed by atoms with Gasteiger partial charge in [0.2, 0.25) is 5.82 Å². The van der Waals surface area contributed by atoms with Gasteiger partial charge < -0.3 is 10.4 Å². The number of aliphatic hydroxyl groups excluding tert-OH is 1. The average molecular weight is 270 g/mol. The van der Waals surface area contributed by atoms with Gasteiger partial charge >= 0.3 is 5.69 Å². The standard InChI is InChI=1S/C12H15FN2O4/c1-7(16)12(2,3)14-11(17)8-4-5-9(13)10(6-8)15(18)19/h4-7,16H,1-3H3,(H,14,17). The first-order chi connectivity index (χ1) is 8.65. The molecule has 1 unspecified atom stereocenters. The van der Waals surface area contributed by atoms with Crippen LogP contribution in [0.3, 0.4) is 0 Å². The summed E-state index contributed by atoms with van der Waals surface area (Å²) in [6.45, 7) is 4.72. The first-order valence-electron chi connectivity index (χ1n) is 5.59. The van der Waals surface area contributed by atoms with Crippen LogP contribution in [0.5, 0.6) is 0 Å². The molecule has 1 atom stereocenters. The average Bonchev–Trinajstić information content (AvgIpc) is 2.28. The van der Waals surface area contributed by atoms with Crippen molar-refractivity contribution in [1.29, 1.82) is 0 Å². The molecule has 0 aliphatic carbocycles. The zero-order valence-corrected chi connectivity index (χ0v) is 10.8. The maximum atomic E-state index is 13.1. The Morgan fingerprint density at radius 3 is 2.58 bits per heavy atom. The van der Waals surface area contributed by atoms with E-state index in [-0.39, 0.29) is 5.56 Å². The van der Waals surface area contributed by atoms with Gasteiger partial charge in [-0.05, 0) is 32.9 Å². The molecule has 104 valence electrons. The van der Waals surface area contributed by atoms with Crippen molar-refractivity contribution < 1.29 is 19.2 Å². The van der Waals surface area contributed by atoms with Crippen LogP contribution >= 0.6 is 0 Å². The molecular weight excluding hydrogens is 255 g/mol. The molecule has 0 saturated heterocycles. The number of hydrogen-bond donors (Lipinski definition) is 2. The minimum Gasteiger partial charge on any atom is -0.391 e. The number of nitrogens with zero attached hydrogens (tertiary/aromatic N) is 1. The highest BCUT2D eigenvalue weighted by molar-refractivity contribution is 5.95. The van der Waals surface area contributed by atoms with E-state index in [0.29, 0.717) is 0 Å². The van der Waals surface area contributed by atoms with Gasteiger partial charge in [-0.25, -0.2) is 0 Å². The van der Waals surface area contributed by atoms with Gasteiger partial charge in [-0.2, -0.15) is 4.39 Å². The summed E-state index contributed by atoms with van der Waals surface area (Å²) in [7, 11) is 0. The number of nitrogens with one attached hydrogen (secondary N) is 1. The zero-order chi connectivity index (χ0) is 14.8. The number of halogens is 1. The maximum Gasteiger partial charge on any atom is 0.305 e. The molecule has 2 N–H and O–H groups in total. The number of amides is 1. The lowest BCUT2D eigenvalue weighted by atomic mass is 9.98. The number of hydrogen-bond acceptors (Lipinski definition) is 4. The molecule has 7 heteroatoms. The lowest BCUT2D eigenvalue weighted by Crippen LogP contribution is -2.50. The summed E-state index contributed by atoms with van der Waals surface area (Å²) in [4.78, 5) is 21.6. The van der Waals surface area contributed by atoms with E-state index in [1.54, 1.807) is 13.8 Å². The summed E-state index contributed by atoms with van der Waals surface area (Å²) >= 11 is 0. The SMILES string of the molecule is CC(O)C(C)(C)NC(=O)c1ccc(F)c([N+](=O)[O-])c1. The van der Waals surface area contributed by atoms with Crippen LogP contribution in [-0.2, 0) is 0 Å². The van der Waals surface area contributed by atoms with Crippen molar-refractivity contribution in [2.75, 3.05) is 0 Å². The van der Waals surface area contributed by atoms with E-state index in [2.05, 4.69) is 5.32 Å². The van der Waals surface area contributed by atoms with Gasteiger partial charge in [0.15, 0.2) is 0 Å². The number of carbonyl (C=O) groups excluding carboxylic acids is 1. The number of nitro benzene ring substituents is 1. The molecule has 6 nitrogen and oxygen atoms in total. The van der Waals surface area contributed by atoms with Crippen LogP contribution in [-0.4, -0.2) is 27.6 Å². The highest BCUT2D eigenvalue weighted by Gasteiger charge is 2.27. The van der Waals surface area contributed by atoms with Crippen molar-refractivity contribution in [2.24, 2.45) is 0 Å². The molecule has 0 fully saturated rings. The van der Waals surface area contributed by atoms with E-state index in [0.717, 1.165) is 18.2 Å². The molecular formula is C12H15FN2O4. The van der Waals surface area contributed by atoms with E-state index in [1.165, 1.54) is 6.92 Å². The van der Waals surface area contributed by atoms with Gasteiger partial charge in [0.25, 0.3) is 5.91 Å². The fourth-order valence-corrected chi connectivity index (χ4v) is 1.26. The van der Waals surface area contributed by atoms with E-state index in [9.17, 15) is 24.4 Å². The fourth-order valence-electron chi connectivity index (χ4n) is 1.26. The monoisotopic (exact) mass is 270 g/mol. The van der Waals surface area contributed by atoms with E-state index >= 15 is 0 Å². The molecule has 0 aliphatic heterocycles. The van der Waals surface area contributed by atoms with Gasteiger partial charge in [0.1, 0.15) is 0 Å². The molecule has 0 aliphatic rings. The van der Waals surface area contributed by atoms with Crippen LogP contribution in [0.25, 0.3) is 0 Å². The quantitative estimate of drug-likeness (QED) is 0.642. The molecule has 1 aromatic rings. The van der Waals surface area contributed by atoms with Crippen molar-refractivity contribution in [2.45, 2.75) is 32.4 Å². The van der Waals surface area contributed by atoms with Crippen molar-refractivity contribution in [3.63, 3.8) is 0 Å². The van der Waals surface area contributed by atoms with Crippen LogP contribution < -0.4 is 5.32 Å². The minimum atomic E-state index is -1.00. The van der Waals surface area contributed by atoms with Crippen molar-refractivity contribution in [1.82, 2.24) is 5.32 Å². The molecule has 0 saturated carbocycles. The second-order valence-corrected chi connectivity index (χ2v) is 4.78. The molecule has 1 aromatic carbocycles. The summed E-state index contributed by atoms with van der Waals surface area (Å²) in [6.07, 6.45) is -0.813. The third-order valence-electron chi connectivity index (χ3n) is 2.89. The van der Waals surface area contributed by atoms with Crippen molar-refractivity contribution in [3.05, 3.63) is 39.7 Å². The number of aliphatic hydroxyl groups is 1. The first-order valence-corrected chi connectivity index (χ1v) is 5.59. The van der Waals surface area contributed by atoms with Crippen LogP contribution in [0, 0.1) is 15.9 Å². The summed E-state index contributed by atoms with van der Waals surface area (Å²) in [5.74, 6) is -1.62. The van der Waals surface area contributed by atoms with Gasteiger partial charge in [0.05, 0.1) is 16.6 Å². The van der Waals surface area contributed by atoms with Crippen LogP contribution in [0.15, 0.2) is 18.2 Å². The lowest BCUT2D eigenvalue weighted by molar-refractivity contribution is -0.387. The number of carbonyl (C=O) groups is 1.